The average molecular weight is 330 g/mol. The SMILES string of the molecule is Nc1nccc(CSc2ccccc2C2CN(C=O)CCO2)n1. The van der Waals surface area contributed by atoms with E-state index in [4.69, 9.17) is 10.5 Å². The summed E-state index contributed by atoms with van der Waals surface area (Å²) in [6.45, 7) is 1.79. The summed E-state index contributed by atoms with van der Waals surface area (Å²) in [4.78, 5) is 22.0. The maximum Gasteiger partial charge on any atom is 0.220 e. The minimum atomic E-state index is -0.0897. The highest BCUT2D eigenvalue weighted by Gasteiger charge is 2.23. The molecule has 0 saturated carbocycles. The van der Waals surface area contributed by atoms with E-state index in [0.29, 0.717) is 25.4 Å². The van der Waals surface area contributed by atoms with E-state index >= 15 is 0 Å². The van der Waals surface area contributed by atoms with Crippen LogP contribution in [-0.4, -0.2) is 41.0 Å². The molecular formula is C16H18N4O2S. The first-order valence-electron chi connectivity index (χ1n) is 7.36. The van der Waals surface area contributed by atoms with Gasteiger partial charge in [-0.1, -0.05) is 18.2 Å². The molecule has 0 spiro atoms. The normalized spacial score (nSPS) is 17.9. The van der Waals surface area contributed by atoms with Gasteiger partial charge in [0.05, 0.1) is 18.8 Å². The zero-order valence-electron chi connectivity index (χ0n) is 12.6. The first-order chi connectivity index (χ1) is 11.3. The maximum atomic E-state index is 11.0. The molecule has 120 valence electrons. The number of nitrogens with two attached hydrogens (primary N) is 1. The Morgan fingerprint density at radius 3 is 3.09 bits per heavy atom. The van der Waals surface area contributed by atoms with Crippen molar-refractivity contribution >= 4 is 24.1 Å². The first kappa shape index (κ1) is 15.8. The van der Waals surface area contributed by atoms with Crippen molar-refractivity contribution in [3.63, 3.8) is 0 Å². The molecule has 7 heteroatoms. The van der Waals surface area contributed by atoms with Crippen molar-refractivity contribution in [2.24, 2.45) is 0 Å². The minimum absolute atomic E-state index is 0.0897. The van der Waals surface area contributed by atoms with Gasteiger partial charge in [-0.25, -0.2) is 9.97 Å². The monoisotopic (exact) mass is 330 g/mol. The smallest absolute Gasteiger partial charge is 0.220 e. The number of thioether (sulfide) groups is 1. The van der Waals surface area contributed by atoms with E-state index in [0.717, 1.165) is 22.6 Å². The highest BCUT2D eigenvalue weighted by atomic mass is 32.2. The number of morpholine rings is 1. The Morgan fingerprint density at radius 1 is 1.39 bits per heavy atom. The summed E-state index contributed by atoms with van der Waals surface area (Å²) < 4.78 is 5.85. The van der Waals surface area contributed by atoms with E-state index in [1.165, 1.54) is 0 Å². The molecule has 2 N–H and O–H groups in total. The van der Waals surface area contributed by atoms with Crippen LogP contribution in [0.15, 0.2) is 41.4 Å². The van der Waals surface area contributed by atoms with Gasteiger partial charge in [-0.15, -0.1) is 11.8 Å². The number of carbonyl (C=O) groups is 1. The zero-order valence-corrected chi connectivity index (χ0v) is 13.4. The Morgan fingerprint density at radius 2 is 2.26 bits per heavy atom. The molecule has 0 bridgehead atoms. The molecule has 2 aromatic rings. The van der Waals surface area contributed by atoms with Crippen molar-refractivity contribution in [2.75, 3.05) is 25.4 Å². The fraction of sp³-hybridized carbons (Fsp3) is 0.312. The summed E-state index contributed by atoms with van der Waals surface area (Å²) in [5.41, 5.74) is 7.60. The lowest BCUT2D eigenvalue weighted by molar-refractivity contribution is -0.125. The Labute approximate surface area is 139 Å². The molecule has 1 fully saturated rings. The van der Waals surface area contributed by atoms with Gasteiger partial charge in [-0.05, 0) is 17.7 Å². The number of anilines is 1. The molecule has 1 amide bonds. The van der Waals surface area contributed by atoms with Crippen LogP contribution >= 0.6 is 11.8 Å². The second kappa shape index (κ2) is 7.43. The minimum Gasteiger partial charge on any atom is -0.370 e. The van der Waals surface area contributed by atoms with Crippen LogP contribution in [-0.2, 0) is 15.3 Å². The molecule has 1 saturated heterocycles. The average Bonchev–Trinajstić information content (AvgIpc) is 2.60. The van der Waals surface area contributed by atoms with Gasteiger partial charge >= 0.3 is 0 Å². The molecular weight excluding hydrogens is 312 g/mol. The van der Waals surface area contributed by atoms with Crippen LogP contribution in [0.4, 0.5) is 5.95 Å². The number of carbonyl (C=O) groups excluding carboxylic acids is 1. The first-order valence-corrected chi connectivity index (χ1v) is 8.35. The summed E-state index contributed by atoms with van der Waals surface area (Å²) in [6.07, 6.45) is 2.46. The highest BCUT2D eigenvalue weighted by molar-refractivity contribution is 7.98. The third-order valence-corrected chi connectivity index (χ3v) is 4.74. The zero-order chi connectivity index (χ0) is 16.1. The number of hydrogen-bond acceptors (Lipinski definition) is 6. The predicted molar refractivity (Wildman–Crippen MR) is 88.8 cm³/mol. The second-order valence-electron chi connectivity index (χ2n) is 5.19. The van der Waals surface area contributed by atoms with Crippen molar-refractivity contribution in [2.45, 2.75) is 16.8 Å². The lowest BCUT2D eigenvalue weighted by atomic mass is 10.1. The summed E-state index contributed by atoms with van der Waals surface area (Å²) in [5, 5.41) is 0. The lowest BCUT2D eigenvalue weighted by Gasteiger charge is -2.31. The van der Waals surface area contributed by atoms with Gasteiger partial charge in [0.2, 0.25) is 12.4 Å². The molecule has 1 unspecified atom stereocenters. The highest BCUT2D eigenvalue weighted by Crippen LogP contribution is 2.32. The van der Waals surface area contributed by atoms with Gasteiger partial charge in [-0.2, -0.15) is 0 Å². The molecule has 0 aliphatic carbocycles. The second-order valence-corrected chi connectivity index (χ2v) is 6.21. The molecule has 1 aromatic carbocycles. The van der Waals surface area contributed by atoms with Gasteiger partial charge in [0, 0.05) is 23.4 Å². The Hall–Kier alpha value is -2.12. The van der Waals surface area contributed by atoms with E-state index in [1.54, 1.807) is 22.9 Å². The Bertz CT molecular complexity index is 683. The van der Waals surface area contributed by atoms with Crippen LogP contribution in [0.1, 0.15) is 17.4 Å². The van der Waals surface area contributed by atoms with Crippen LogP contribution in [0.2, 0.25) is 0 Å². The quantitative estimate of drug-likeness (QED) is 0.666. The van der Waals surface area contributed by atoms with Crippen LogP contribution in [0.5, 0.6) is 0 Å². The van der Waals surface area contributed by atoms with E-state index in [1.807, 2.05) is 18.2 Å². The predicted octanol–water partition coefficient (Wildman–Crippen LogP) is 1.88. The molecule has 3 rings (SSSR count). The number of hydrogen-bond donors (Lipinski definition) is 1. The van der Waals surface area contributed by atoms with Gasteiger partial charge in [0.15, 0.2) is 0 Å². The third kappa shape index (κ3) is 4.00. The van der Waals surface area contributed by atoms with Gasteiger partial charge in [0.1, 0.15) is 6.10 Å². The topological polar surface area (TPSA) is 81.3 Å². The van der Waals surface area contributed by atoms with Gasteiger partial charge < -0.3 is 15.4 Å². The summed E-state index contributed by atoms with van der Waals surface area (Å²) in [7, 11) is 0. The van der Waals surface area contributed by atoms with Crippen LogP contribution < -0.4 is 5.73 Å². The Kier molecular flexibility index (Phi) is 5.09. The van der Waals surface area contributed by atoms with Crippen molar-refractivity contribution < 1.29 is 9.53 Å². The van der Waals surface area contributed by atoms with Crippen LogP contribution in [0, 0.1) is 0 Å². The standard InChI is InChI=1S/C16H18N4O2S/c17-16-18-6-5-12(19-16)10-23-15-4-2-1-3-13(15)14-9-20(11-21)7-8-22-14/h1-6,11,14H,7-10H2,(H2,17,18,19). The van der Waals surface area contributed by atoms with E-state index in [9.17, 15) is 4.79 Å². The number of benzene rings is 1. The number of amides is 1. The Balaban J connectivity index is 1.74. The summed E-state index contributed by atoms with van der Waals surface area (Å²) in [6, 6.07) is 9.96. The van der Waals surface area contributed by atoms with E-state index in [2.05, 4.69) is 22.1 Å². The molecule has 1 aliphatic rings. The molecule has 23 heavy (non-hydrogen) atoms. The summed E-state index contributed by atoms with van der Waals surface area (Å²) in [5.74, 6) is 0.988. The van der Waals surface area contributed by atoms with Crippen molar-refractivity contribution in [1.29, 1.82) is 0 Å². The number of nitrogens with zero attached hydrogens (tertiary/aromatic N) is 3. The molecule has 1 aliphatic heterocycles. The number of rotatable bonds is 5. The number of nitrogen functional groups attached to an aromatic ring is 1. The van der Waals surface area contributed by atoms with Crippen LogP contribution in [0.25, 0.3) is 0 Å². The van der Waals surface area contributed by atoms with Crippen molar-refractivity contribution in [1.82, 2.24) is 14.9 Å². The summed E-state index contributed by atoms with van der Waals surface area (Å²) >= 11 is 1.68. The fourth-order valence-corrected chi connectivity index (χ4v) is 3.48. The van der Waals surface area contributed by atoms with Crippen LogP contribution in [0.3, 0.4) is 0 Å². The lowest BCUT2D eigenvalue weighted by Crippen LogP contribution is -2.37. The maximum absolute atomic E-state index is 11.0. The molecule has 1 aromatic heterocycles. The van der Waals surface area contributed by atoms with Gasteiger partial charge in [0.25, 0.3) is 0 Å². The number of ether oxygens (including phenoxy) is 1. The van der Waals surface area contributed by atoms with Gasteiger partial charge in [-0.3, -0.25) is 4.79 Å². The molecule has 0 radical (unpaired) electrons. The third-order valence-electron chi connectivity index (χ3n) is 3.62. The fourth-order valence-electron chi connectivity index (χ4n) is 2.48. The number of aromatic nitrogens is 2. The van der Waals surface area contributed by atoms with Crippen molar-refractivity contribution in [3.05, 3.63) is 47.8 Å². The van der Waals surface area contributed by atoms with E-state index < -0.39 is 0 Å². The van der Waals surface area contributed by atoms with E-state index in [-0.39, 0.29) is 12.1 Å². The largest absolute Gasteiger partial charge is 0.370 e. The molecule has 1 atom stereocenters. The van der Waals surface area contributed by atoms with Crippen molar-refractivity contribution in [3.8, 4) is 0 Å². The molecule has 6 nitrogen and oxygen atoms in total. The molecule has 2 heterocycles.